The number of carbonyl (C=O) groups is 1. The first-order valence-electron chi connectivity index (χ1n) is 7.23. The first-order valence-corrected chi connectivity index (χ1v) is 8.05. The molecule has 1 aromatic carbocycles. The zero-order valence-corrected chi connectivity index (χ0v) is 13.7. The van der Waals surface area contributed by atoms with Crippen molar-refractivity contribution < 1.29 is 14.3 Å². The minimum absolute atomic E-state index is 0.0125. The van der Waals surface area contributed by atoms with Crippen LogP contribution in [-0.2, 0) is 0 Å². The molecule has 5 heteroatoms. The zero-order valence-electron chi connectivity index (χ0n) is 12.9. The Bertz CT molecular complexity index is 634. The van der Waals surface area contributed by atoms with Gasteiger partial charge in [0.25, 0.3) is 5.91 Å². The SMILES string of the molecule is CC(O)CN(C(=O)c1ccc(-c2ccc(F)cc2)s1)C(C)C. The van der Waals surface area contributed by atoms with E-state index in [0.717, 1.165) is 10.4 Å². The van der Waals surface area contributed by atoms with Crippen LogP contribution in [0.1, 0.15) is 30.4 Å². The van der Waals surface area contributed by atoms with Gasteiger partial charge in [0.05, 0.1) is 11.0 Å². The van der Waals surface area contributed by atoms with E-state index < -0.39 is 6.10 Å². The molecule has 2 aromatic rings. The van der Waals surface area contributed by atoms with Crippen molar-refractivity contribution in [3.8, 4) is 10.4 Å². The lowest BCUT2D eigenvalue weighted by Gasteiger charge is -2.27. The molecule has 2 rings (SSSR count). The van der Waals surface area contributed by atoms with E-state index in [4.69, 9.17) is 0 Å². The van der Waals surface area contributed by atoms with Gasteiger partial charge in [-0.25, -0.2) is 4.39 Å². The van der Waals surface area contributed by atoms with Crippen molar-refractivity contribution in [2.75, 3.05) is 6.54 Å². The fraction of sp³-hybridized carbons (Fsp3) is 0.353. The van der Waals surface area contributed by atoms with E-state index in [0.29, 0.717) is 11.4 Å². The fourth-order valence-corrected chi connectivity index (χ4v) is 3.14. The van der Waals surface area contributed by atoms with E-state index in [1.807, 2.05) is 19.9 Å². The van der Waals surface area contributed by atoms with Crippen molar-refractivity contribution in [2.24, 2.45) is 0 Å². The van der Waals surface area contributed by atoms with Gasteiger partial charge in [-0.1, -0.05) is 12.1 Å². The predicted molar refractivity (Wildman–Crippen MR) is 87.6 cm³/mol. The quantitative estimate of drug-likeness (QED) is 0.910. The number of hydrogen-bond donors (Lipinski definition) is 1. The lowest BCUT2D eigenvalue weighted by molar-refractivity contribution is 0.0583. The molecule has 1 N–H and O–H groups in total. The molecule has 1 aromatic heterocycles. The van der Waals surface area contributed by atoms with Crippen LogP contribution < -0.4 is 0 Å². The molecular formula is C17H20FNO2S. The zero-order chi connectivity index (χ0) is 16.3. The smallest absolute Gasteiger partial charge is 0.264 e. The summed E-state index contributed by atoms with van der Waals surface area (Å²) in [6.45, 7) is 5.82. The van der Waals surface area contributed by atoms with E-state index in [1.165, 1.54) is 23.5 Å². The molecule has 0 saturated heterocycles. The lowest BCUT2D eigenvalue weighted by Crippen LogP contribution is -2.41. The first kappa shape index (κ1) is 16.6. The Kier molecular flexibility index (Phi) is 5.32. The van der Waals surface area contributed by atoms with Crippen molar-refractivity contribution in [3.05, 3.63) is 47.1 Å². The second-order valence-corrected chi connectivity index (χ2v) is 6.65. The third-order valence-corrected chi connectivity index (χ3v) is 4.41. The number of nitrogens with zero attached hydrogens (tertiary/aromatic N) is 1. The third-order valence-electron chi connectivity index (χ3n) is 3.29. The maximum atomic E-state index is 13.0. The predicted octanol–water partition coefficient (Wildman–Crippen LogP) is 3.79. The van der Waals surface area contributed by atoms with Gasteiger partial charge in [0, 0.05) is 17.5 Å². The molecule has 3 nitrogen and oxygen atoms in total. The average molecular weight is 321 g/mol. The van der Waals surface area contributed by atoms with Crippen molar-refractivity contribution >= 4 is 17.2 Å². The number of halogens is 1. The average Bonchev–Trinajstić information content (AvgIpc) is 2.94. The maximum Gasteiger partial charge on any atom is 0.264 e. The molecule has 0 saturated carbocycles. The van der Waals surface area contributed by atoms with Gasteiger partial charge in [0.2, 0.25) is 0 Å². The third kappa shape index (κ3) is 3.93. The molecule has 1 amide bonds. The Morgan fingerprint density at radius 1 is 1.18 bits per heavy atom. The van der Waals surface area contributed by atoms with Crippen LogP contribution in [0.5, 0.6) is 0 Å². The highest BCUT2D eigenvalue weighted by molar-refractivity contribution is 7.17. The van der Waals surface area contributed by atoms with Gasteiger partial charge in [0.15, 0.2) is 0 Å². The Labute approximate surface area is 134 Å². The molecule has 0 aliphatic carbocycles. The van der Waals surface area contributed by atoms with Crippen molar-refractivity contribution in [1.29, 1.82) is 0 Å². The molecule has 0 bridgehead atoms. The van der Waals surface area contributed by atoms with Crippen molar-refractivity contribution in [2.45, 2.75) is 32.9 Å². The second kappa shape index (κ2) is 7.03. The van der Waals surface area contributed by atoms with E-state index in [1.54, 1.807) is 30.0 Å². The van der Waals surface area contributed by atoms with Gasteiger partial charge in [-0.3, -0.25) is 4.79 Å². The number of hydrogen-bond acceptors (Lipinski definition) is 3. The van der Waals surface area contributed by atoms with E-state index in [-0.39, 0.29) is 17.8 Å². The van der Waals surface area contributed by atoms with Crippen LogP contribution >= 0.6 is 11.3 Å². The van der Waals surface area contributed by atoms with Crippen LogP contribution in [0.2, 0.25) is 0 Å². The lowest BCUT2D eigenvalue weighted by atomic mass is 10.2. The fourth-order valence-electron chi connectivity index (χ4n) is 2.18. The normalized spacial score (nSPS) is 12.5. The molecule has 0 spiro atoms. The summed E-state index contributed by atoms with van der Waals surface area (Å²) in [7, 11) is 0. The number of amides is 1. The summed E-state index contributed by atoms with van der Waals surface area (Å²) in [4.78, 5) is 15.8. The van der Waals surface area contributed by atoms with E-state index in [9.17, 15) is 14.3 Å². The summed E-state index contributed by atoms with van der Waals surface area (Å²) in [5, 5.41) is 9.55. The van der Waals surface area contributed by atoms with Crippen molar-refractivity contribution in [3.63, 3.8) is 0 Å². The summed E-state index contributed by atoms with van der Waals surface area (Å²) in [6.07, 6.45) is -0.567. The minimum Gasteiger partial charge on any atom is -0.392 e. The van der Waals surface area contributed by atoms with Crippen LogP contribution in [0.4, 0.5) is 4.39 Å². The molecule has 0 radical (unpaired) electrons. The van der Waals surface area contributed by atoms with Crippen LogP contribution in [-0.4, -0.2) is 34.6 Å². The van der Waals surface area contributed by atoms with Gasteiger partial charge in [-0.15, -0.1) is 11.3 Å². The topological polar surface area (TPSA) is 40.5 Å². The molecule has 1 atom stereocenters. The van der Waals surface area contributed by atoms with Crippen LogP contribution in [0.3, 0.4) is 0 Å². The van der Waals surface area contributed by atoms with Gasteiger partial charge in [-0.2, -0.15) is 0 Å². The second-order valence-electron chi connectivity index (χ2n) is 5.57. The highest BCUT2D eigenvalue weighted by Gasteiger charge is 2.21. The van der Waals surface area contributed by atoms with Gasteiger partial charge >= 0.3 is 0 Å². The van der Waals surface area contributed by atoms with E-state index in [2.05, 4.69) is 0 Å². The van der Waals surface area contributed by atoms with Crippen LogP contribution in [0, 0.1) is 5.82 Å². The Hall–Kier alpha value is -1.72. The largest absolute Gasteiger partial charge is 0.392 e. The Morgan fingerprint density at radius 2 is 1.82 bits per heavy atom. The number of rotatable bonds is 5. The standard InChI is InChI=1S/C17H20FNO2S/c1-11(2)19(10-12(3)20)17(21)16-9-8-15(22-16)13-4-6-14(18)7-5-13/h4-9,11-12,20H,10H2,1-3H3. The highest BCUT2D eigenvalue weighted by Crippen LogP contribution is 2.29. The Balaban J connectivity index is 2.22. The summed E-state index contributed by atoms with van der Waals surface area (Å²) < 4.78 is 13.0. The minimum atomic E-state index is -0.567. The number of aliphatic hydroxyl groups excluding tert-OH is 1. The molecule has 22 heavy (non-hydrogen) atoms. The molecule has 0 fully saturated rings. The van der Waals surface area contributed by atoms with Gasteiger partial charge in [0.1, 0.15) is 5.82 Å². The molecule has 118 valence electrons. The summed E-state index contributed by atoms with van der Waals surface area (Å²) in [6, 6.07) is 9.87. The molecule has 0 aliphatic heterocycles. The molecule has 1 heterocycles. The van der Waals surface area contributed by atoms with E-state index >= 15 is 0 Å². The maximum absolute atomic E-state index is 13.0. The molecular weight excluding hydrogens is 301 g/mol. The number of aliphatic hydroxyl groups is 1. The van der Waals surface area contributed by atoms with Crippen LogP contribution in [0.15, 0.2) is 36.4 Å². The molecule has 1 unspecified atom stereocenters. The van der Waals surface area contributed by atoms with Gasteiger partial charge in [-0.05, 0) is 50.6 Å². The number of benzene rings is 1. The number of thiophene rings is 1. The Morgan fingerprint density at radius 3 is 2.36 bits per heavy atom. The first-order chi connectivity index (χ1) is 10.4. The highest BCUT2D eigenvalue weighted by atomic mass is 32.1. The summed E-state index contributed by atoms with van der Waals surface area (Å²) in [5.41, 5.74) is 0.886. The monoisotopic (exact) mass is 321 g/mol. The van der Waals surface area contributed by atoms with Crippen LogP contribution in [0.25, 0.3) is 10.4 Å². The van der Waals surface area contributed by atoms with Gasteiger partial charge < -0.3 is 10.0 Å². The molecule has 0 aliphatic rings. The van der Waals surface area contributed by atoms with Crippen molar-refractivity contribution in [1.82, 2.24) is 4.90 Å². The summed E-state index contributed by atoms with van der Waals surface area (Å²) in [5.74, 6) is -0.367. The number of carbonyl (C=O) groups excluding carboxylic acids is 1. The summed E-state index contributed by atoms with van der Waals surface area (Å²) >= 11 is 1.38.